The molecule has 1 N–H and O–H groups in total. The Kier molecular flexibility index (Phi) is 4.99. The van der Waals surface area contributed by atoms with Crippen molar-refractivity contribution in [2.45, 2.75) is 26.9 Å². The Hall–Kier alpha value is -2.78. The number of H-pyrrole nitrogens is 1. The standard InChI is InChI=1S/C17H14ClN3O5S/c1-7-9(3)27-16-13(7)15(22)19-14(20-16)8(2)26-17(23)10-4-5-11(18)12(6-10)21(24)25/h4-6,8H,1-3H3,(H,19,20,22)/t8-/m1/s1. The van der Waals surface area contributed by atoms with Gasteiger partial charge in [-0.2, -0.15) is 0 Å². The van der Waals surface area contributed by atoms with E-state index in [2.05, 4.69) is 9.97 Å². The highest BCUT2D eigenvalue weighted by atomic mass is 35.5. The van der Waals surface area contributed by atoms with Gasteiger partial charge in [-0.1, -0.05) is 11.6 Å². The molecule has 3 aromatic rings. The first-order chi connectivity index (χ1) is 12.7. The second-order valence-electron chi connectivity index (χ2n) is 5.89. The minimum Gasteiger partial charge on any atom is -0.451 e. The molecule has 3 rings (SSSR count). The van der Waals surface area contributed by atoms with Crippen LogP contribution >= 0.6 is 22.9 Å². The summed E-state index contributed by atoms with van der Waals surface area (Å²) in [6.07, 6.45) is -0.855. The van der Waals surface area contributed by atoms with Gasteiger partial charge < -0.3 is 9.72 Å². The minimum atomic E-state index is -0.855. The second kappa shape index (κ2) is 7.09. The lowest BCUT2D eigenvalue weighted by atomic mass is 10.2. The molecule has 0 bridgehead atoms. The van der Waals surface area contributed by atoms with Crippen LogP contribution in [0, 0.1) is 24.0 Å². The largest absolute Gasteiger partial charge is 0.451 e. The van der Waals surface area contributed by atoms with Gasteiger partial charge in [0.05, 0.1) is 15.9 Å². The lowest BCUT2D eigenvalue weighted by Gasteiger charge is -2.12. The number of nitro groups is 1. The molecule has 0 aliphatic heterocycles. The Morgan fingerprint density at radius 1 is 1.41 bits per heavy atom. The molecule has 2 aromatic heterocycles. The highest BCUT2D eigenvalue weighted by Crippen LogP contribution is 2.28. The van der Waals surface area contributed by atoms with Crippen LogP contribution in [0.4, 0.5) is 5.69 Å². The fourth-order valence-electron chi connectivity index (χ4n) is 2.53. The van der Waals surface area contributed by atoms with Gasteiger partial charge in [0.25, 0.3) is 11.2 Å². The zero-order chi connectivity index (χ0) is 19.9. The molecule has 1 aromatic carbocycles. The summed E-state index contributed by atoms with van der Waals surface area (Å²) >= 11 is 7.13. The number of fused-ring (bicyclic) bond motifs is 1. The predicted octanol–water partition coefficient (Wildman–Crippen LogP) is 4.08. The summed E-state index contributed by atoms with van der Waals surface area (Å²) in [6.45, 7) is 5.30. The molecule has 0 unspecified atom stereocenters. The molecule has 1 atom stereocenters. The van der Waals surface area contributed by atoms with E-state index in [0.29, 0.717) is 10.2 Å². The number of thiophene rings is 1. The fourth-order valence-corrected chi connectivity index (χ4v) is 3.75. The summed E-state index contributed by atoms with van der Waals surface area (Å²) in [5, 5.41) is 11.4. The normalized spacial score (nSPS) is 12.1. The van der Waals surface area contributed by atoms with Gasteiger partial charge in [0.15, 0.2) is 11.9 Å². The van der Waals surface area contributed by atoms with E-state index in [1.165, 1.54) is 23.5 Å². The van der Waals surface area contributed by atoms with Crippen molar-refractivity contribution in [3.63, 3.8) is 0 Å². The maximum Gasteiger partial charge on any atom is 0.339 e. The highest BCUT2D eigenvalue weighted by molar-refractivity contribution is 7.18. The van der Waals surface area contributed by atoms with E-state index in [9.17, 15) is 19.7 Å². The third kappa shape index (κ3) is 3.56. The maximum atomic E-state index is 12.3. The Balaban J connectivity index is 1.89. The SMILES string of the molecule is Cc1sc2nc([C@@H](C)OC(=O)c3ccc(Cl)c([N+](=O)[O-])c3)[nH]c(=O)c2c1C. The van der Waals surface area contributed by atoms with Crippen molar-refractivity contribution in [2.24, 2.45) is 0 Å². The number of nitro benzene ring substituents is 1. The van der Waals surface area contributed by atoms with Crippen LogP contribution in [0.2, 0.25) is 5.02 Å². The Morgan fingerprint density at radius 3 is 2.78 bits per heavy atom. The number of carbonyl (C=O) groups excluding carboxylic acids is 1. The van der Waals surface area contributed by atoms with E-state index in [1.54, 1.807) is 6.92 Å². The number of nitrogens with zero attached hydrogens (tertiary/aromatic N) is 2. The molecule has 2 heterocycles. The molecule has 0 amide bonds. The van der Waals surface area contributed by atoms with Crippen LogP contribution in [0.5, 0.6) is 0 Å². The van der Waals surface area contributed by atoms with Gasteiger partial charge in [0, 0.05) is 10.9 Å². The first-order valence-corrected chi connectivity index (χ1v) is 9.03. The predicted molar refractivity (Wildman–Crippen MR) is 102 cm³/mol. The number of hydrogen-bond acceptors (Lipinski definition) is 7. The van der Waals surface area contributed by atoms with Gasteiger partial charge in [-0.3, -0.25) is 14.9 Å². The first-order valence-electron chi connectivity index (χ1n) is 7.84. The number of aromatic nitrogens is 2. The van der Waals surface area contributed by atoms with E-state index in [0.717, 1.165) is 16.5 Å². The van der Waals surface area contributed by atoms with Gasteiger partial charge in [-0.15, -0.1) is 11.3 Å². The topological polar surface area (TPSA) is 115 Å². The molecule has 0 saturated carbocycles. The van der Waals surface area contributed by atoms with E-state index in [1.807, 2.05) is 13.8 Å². The van der Waals surface area contributed by atoms with Crippen molar-refractivity contribution in [3.05, 3.63) is 65.5 Å². The smallest absolute Gasteiger partial charge is 0.339 e. The number of hydrogen-bond donors (Lipinski definition) is 1. The van der Waals surface area contributed by atoms with Gasteiger partial charge in [0.1, 0.15) is 9.85 Å². The van der Waals surface area contributed by atoms with Gasteiger partial charge >= 0.3 is 5.97 Å². The lowest BCUT2D eigenvalue weighted by molar-refractivity contribution is -0.384. The van der Waals surface area contributed by atoms with Gasteiger partial charge in [0.2, 0.25) is 0 Å². The average molecular weight is 408 g/mol. The molecule has 10 heteroatoms. The highest BCUT2D eigenvalue weighted by Gasteiger charge is 2.21. The number of benzene rings is 1. The number of aromatic amines is 1. The zero-order valence-corrected chi connectivity index (χ0v) is 16.1. The van der Waals surface area contributed by atoms with Crippen LogP contribution in [0.3, 0.4) is 0 Å². The molecule has 0 aliphatic carbocycles. The number of rotatable bonds is 4. The summed E-state index contributed by atoms with van der Waals surface area (Å²) in [6, 6.07) is 3.63. The van der Waals surface area contributed by atoms with Gasteiger partial charge in [-0.25, -0.2) is 9.78 Å². The van der Waals surface area contributed by atoms with Crippen LogP contribution in [-0.2, 0) is 4.74 Å². The Bertz CT molecular complexity index is 1140. The van der Waals surface area contributed by atoms with Crippen LogP contribution in [0.25, 0.3) is 10.2 Å². The summed E-state index contributed by atoms with van der Waals surface area (Å²) in [5.41, 5.74) is 0.149. The van der Waals surface area contributed by atoms with Crippen molar-refractivity contribution >= 4 is 44.8 Å². The quantitative estimate of drug-likeness (QED) is 0.395. The third-order valence-electron chi connectivity index (χ3n) is 4.10. The second-order valence-corrected chi connectivity index (χ2v) is 7.50. The number of nitrogens with one attached hydrogen (secondary N) is 1. The molecular formula is C17H14ClN3O5S. The molecule has 8 nitrogen and oxygen atoms in total. The molecule has 0 spiro atoms. The molecule has 0 saturated heterocycles. The van der Waals surface area contributed by atoms with Gasteiger partial charge in [-0.05, 0) is 38.5 Å². The van der Waals surface area contributed by atoms with E-state index >= 15 is 0 Å². The maximum absolute atomic E-state index is 12.3. The zero-order valence-electron chi connectivity index (χ0n) is 14.5. The summed E-state index contributed by atoms with van der Waals surface area (Å²) < 4.78 is 5.31. The van der Waals surface area contributed by atoms with E-state index < -0.39 is 22.7 Å². The third-order valence-corrected chi connectivity index (χ3v) is 5.53. The van der Waals surface area contributed by atoms with Crippen molar-refractivity contribution in [3.8, 4) is 0 Å². The molecule has 0 fully saturated rings. The molecule has 0 aliphatic rings. The van der Waals surface area contributed by atoms with Crippen molar-refractivity contribution in [2.75, 3.05) is 0 Å². The van der Waals surface area contributed by atoms with Crippen LogP contribution < -0.4 is 5.56 Å². The number of ether oxygens (including phenoxy) is 1. The summed E-state index contributed by atoms with van der Waals surface area (Å²) in [5.74, 6) is -0.589. The fraction of sp³-hybridized carbons (Fsp3) is 0.235. The number of carbonyl (C=O) groups is 1. The molecule has 140 valence electrons. The van der Waals surface area contributed by atoms with E-state index in [4.69, 9.17) is 16.3 Å². The van der Waals surface area contributed by atoms with Crippen molar-refractivity contribution in [1.82, 2.24) is 9.97 Å². The monoisotopic (exact) mass is 407 g/mol. The lowest BCUT2D eigenvalue weighted by Crippen LogP contribution is -2.17. The van der Waals surface area contributed by atoms with Crippen molar-refractivity contribution < 1.29 is 14.5 Å². The average Bonchev–Trinajstić information content (AvgIpc) is 2.89. The molecule has 0 radical (unpaired) electrons. The van der Waals surface area contributed by atoms with Crippen molar-refractivity contribution in [1.29, 1.82) is 0 Å². The van der Waals surface area contributed by atoms with E-state index in [-0.39, 0.29) is 22.0 Å². The van der Waals surface area contributed by atoms with Crippen LogP contribution in [-0.4, -0.2) is 20.9 Å². The molecular weight excluding hydrogens is 394 g/mol. The Labute approximate surface area is 161 Å². The van der Waals surface area contributed by atoms with Crippen LogP contribution in [0.1, 0.15) is 39.7 Å². The van der Waals surface area contributed by atoms with Crippen LogP contribution in [0.15, 0.2) is 23.0 Å². The first kappa shape index (κ1) is 19.0. The minimum absolute atomic E-state index is 0.0239. The molecule has 27 heavy (non-hydrogen) atoms. The Morgan fingerprint density at radius 2 is 2.11 bits per heavy atom. The summed E-state index contributed by atoms with van der Waals surface area (Å²) in [4.78, 5) is 43.5. The number of aryl methyl sites for hydroxylation is 2. The number of halogens is 1. The number of esters is 1. The summed E-state index contributed by atoms with van der Waals surface area (Å²) in [7, 11) is 0.